The Kier molecular flexibility index (Phi) is 4.17. The quantitative estimate of drug-likeness (QED) is 0.578. The molecular weight excluding hydrogens is 270 g/mol. The molecule has 0 heterocycles. The molecule has 0 bridgehead atoms. The first-order valence-electron chi connectivity index (χ1n) is 5.87. The summed E-state index contributed by atoms with van der Waals surface area (Å²) in [6.07, 6.45) is -3.36. The van der Waals surface area contributed by atoms with Crippen LogP contribution in [0.2, 0.25) is 0 Å². The minimum atomic E-state index is -4.52. The van der Waals surface area contributed by atoms with Crippen molar-refractivity contribution in [3.8, 4) is 0 Å². The van der Waals surface area contributed by atoms with Gasteiger partial charge < -0.3 is 0 Å². The number of halogens is 4. The van der Waals surface area contributed by atoms with E-state index in [-0.39, 0.29) is 5.56 Å². The second-order valence-corrected chi connectivity index (χ2v) is 4.18. The molecule has 1 nitrogen and oxygen atoms in total. The number of alkyl halides is 3. The molecule has 104 valence electrons. The largest absolute Gasteiger partial charge is 0.414 e. The highest BCUT2D eigenvalue weighted by atomic mass is 19.4. The van der Waals surface area contributed by atoms with E-state index in [0.717, 1.165) is 24.3 Å². The maximum atomic E-state index is 13.0. The van der Waals surface area contributed by atoms with Crippen molar-refractivity contribution in [2.45, 2.75) is 12.2 Å². The fraction of sp³-hybridized carbons (Fsp3) is 0.133. The van der Waals surface area contributed by atoms with Gasteiger partial charge in [-0.05, 0) is 23.3 Å². The number of hydrogen-bond donors (Lipinski definition) is 0. The molecule has 0 fully saturated rings. The molecule has 1 atom stereocenters. The lowest BCUT2D eigenvalue weighted by Gasteiger charge is -2.16. The van der Waals surface area contributed by atoms with E-state index >= 15 is 0 Å². The van der Waals surface area contributed by atoms with E-state index in [9.17, 15) is 17.6 Å². The van der Waals surface area contributed by atoms with Crippen LogP contribution < -0.4 is 0 Å². The summed E-state index contributed by atoms with van der Waals surface area (Å²) < 4.78 is 51.8. The van der Waals surface area contributed by atoms with Crippen molar-refractivity contribution in [2.75, 3.05) is 0 Å². The van der Waals surface area contributed by atoms with Gasteiger partial charge in [0, 0.05) is 6.21 Å². The third-order valence-corrected chi connectivity index (χ3v) is 2.67. The standard InChI is InChI=1S/C15H11F4N/c16-13-8-6-12(7-9-13)14(15(17,18)19)20-10-11-4-2-1-3-5-11/h1-10,14H. The Hall–Kier alpha value is -2.17. The van der Waals surface area contributed by atoms with E-state index < -0.39 is 18.0 Å². The van der Waals surface area contributed by atoms with Crippen LogP contribution in [0.5, 0.6) is 0 Å². The molecule has 5 heteroatoms. The number of hydrogen-bond acceptors (Lipinski definition) is 1. The van der Waals surface area contributed by atoms with Crippen molar-refractivity contribution in [3.63, 3.8) is 0 Å². The van der Waals surface area contributed by atoms with E-state index in [1.807, 2.05) is 0 Å². The van der Waals surface area contributed by atoms with Gasteiger partial charge >= 0.3 is 6.18 Å². The molecule has 0 saturated carbocycles. The van der Waals surface area contributed by atoms with Crippen molar-refractivity contribution >= 4 is 6.21 Å². The first-order valence-corrected chi connectivity index (χ1v) is 5.87. The van der Waals surface area contributed by atoms with Crippen LogP contribution >= 0.6 is 0 Å². The lowest BCUT2D eigenvalue weighted by molar-refractivity contribution is -0.148. The highest BCUT2D eigenvalue weighted by molar-refractivity contribution is 5.79. The summed E-state index contributed by atoms with van der Waals surface area (Å²) in [5, 5.41) is 0. The zero-order chi connectivity index (χ0) is 14.6. The van der Waals surface area contributed by atoms with Gasteiger partial charge in [-0.3, -0.25) is 4.99 Å². The fourth-order valence-electron chi connectivity index (χ4n) is 1.70. The average molecular weight is 281 g/mol. The topological polar surface area (TPSA) is 12.4 Å². The molecule has 0 aromatic heterocycles. The molecule has 0 spiro atoms. The average Bonchev–Trinajstić information content (AvgIpc) is 2.41. The van der Waals surface area contributed by atoms with Crippen LogP contribution in [0.15, 0.2) is 59.6 Å². The van der Waals surface area contributed by atoms with Crippen molar-refractivity contribution in [1.29, 1.82) is 0 Å². The van der Waals surface area contributed by atoms with Gasteiger partial charge in [-0.1, -0.05) is 42.5 Å². The highest BCUT2D eigenvalue weighted by Crippen LogP contribution is 2.35. The minimum Gasteiger partial charge on any atom is -0.275 e. The summed E-state index contributed by atoms with van der Waals surface area (Å²) in [6, 6.07) is 10.7. The van der Waals surface area contributed by atoms with Crippen LogP contribution in [0.1, 0.15) is 17.2 Å². The van der Waals surface area contributed by atoms with Crippen LogP contribution in [-0.2, 0) is 0 Å². The molecule has 0 aliphatic heterocycles. The van der Waals surface area contributed by atoms with Crippen molar-refractivity contribution in [1.82, 2.24) is 0 Å². The Labute approximate surface area is 113 Å². The van der Waals surface area contributed by atoms with Gasteiger partial charge in [-0.2, -0.15) is 13.2 Å². The van der Waals surface area contributed by atoms with Crippen LogP contribution in [0.25, 0.3) is 0 Å². The Balaban J connectivity index is 2.30. The maximum Gasteiger partial charge on any atom is 0.414 e. The van der Waals surface area contributed by atoms with Crippen molar-refractivity contribution < 1.29 is 17.6 Å². The first-order chi connectivity index (χ1) is 9.47. The van der Waals surface area contributed by atoms with Gasteiger partial charge in [0.05, 0.1) is 0 Å². The van der Waals surface area contributed by atoms with Crippen LogP contribution in [-0.4, -0.2) is 12.4 Å². The van der Waals surface area contributed by atoms with Gasteiger partial charge in [-0.15, -0.1) is 0 Å². The molecule has 2 aromatic rings. The van der Waals surface area contributed by atoms with E-state index in [4.69, 9.17) is 0 Å². The minimum absolute atomic E-state index is 0.0916. The second-order valence-electron chi connectivity index (χ2n) is 4.18. The summed E-state index contributed by atoms with van der Waals surface area (Å²) >= 11 is 0. The zero-order valence-electron chi connectivity index (χ0n) is 10.3. The van der Waals surface area contributed by atoms with E-state index in [0.29, 0.717) is 5.56 Å². The second kappa shape index (κ2) is 5.86. The normalized spacial score (nSPS) is 13.6. The summed E-state index contributed by atoms with van der Waals surface area (Å²) in [7, 11) is 0. The molecule has 0 radical (unpaired) electrons. The fourth-order valence-corrected chi connectivity index (χ4v) is 1.70. The molecule has 0 amide bonds. The monoisotopic (exact) mass is 281 g/mol. The molecule has 0 N–H and O–H groups in total. The van der Waals surface area contributed by atoms with Gasteiger partial charge in [0.1, 0.15) is 5.82 Å². The third kappa shape index (κ3) is 3.66. The highest BCUT2D eigenvalue weighted by Gasteiger charge is 2.40. The predicted octanol–water partition coefficient (Wildman–Crippen LogP) is 4.55. The van der Waals surface area contributed by atoms with Gasteiger partial charge in [0.2, 0.25) is 0 Å². The number of nitrogens with zero attached hydrogens (tertiary/aromatic N) is 1. The van der Waals surface area contributed by atoms with Gasteiger partial charge in [0.15, 0.2) is 6.04 Å². The van der Waals surface area contributed by atoms with Gasteiger partial charge in [-0.25, -0.2) is 4.39 Å². The predicted molar refractivity (Wildman–Crippen MR) is 69.2 cm³/mol. The summed E-state index contributed by atoms with van der Waals surface area (Å²) in [6.45, 7) is 0. The Bertz CT molecular complexity index is 573. The molecule has 2 rings (SSSR count). The Morgan fingerprint density at radius 3 is 2.05 bits per heavy atom. The Morgan fingerprint density at radius 1 is 0.900 bits per heavy atom. The van der Waals surface area contributed by atoms with E-state index in [2.05, 4.69) is 4.99 Å². The molecule has 1 unspecified atom stereocenters. The molecule has 0 aliphatic rings. The number of aliphatic imine (C=N–C) groups is 1. The number of benzene rings is 2. The zero-order valence-corrected chi connectivity index (χ0v) is 10.3. The maximum absolute atomic E-state index is 13.0. The summed E-state index contributed by atoms with van der Waals surface area (Å²) in [5.74, 6) is -0.582. The lowest BCUT2D eigenvalue weighted by atomic mass is 10.1. The molecule has 2 aromatic carbocycles. The molecule has 0 aliphatic carbocycles. The lowest BCUT2D eigenvalue weighted by Crippen LogP contribution is -2.19. The number of rotatable bonds is 3. The Morgan fingerprint density at radius 2 is 1.50 bits per heavy atom. The SMILES string of the molecule is Fc1ccc(C(N=Cc2ccccc2)C(F)(F)F)cc1. The third-order valence-electron chi connectivity index (χ3n) is 2.67. The van der Waals surface area contributed by atoms with Crippen molar-refractivity contribution in [3.05, 3.63) is 71.5 Å². The van der Waals surface area contributed by atoms with Crippen LogP contribution in [0, 0.1) is 5.82 Å². The molecule has 20 heavy (non-hydrogen) atoms. The summed E-state index contributed by atoms with van der Waals surface area (Å²) in [5.41, 5.74) is 0.481. The van der Waals surface area contributed by atoms with Crippen LogP contribution in [0.4, 0.5) is 17.6 Å². The molecular formula is C15H11F4N. The smallest absolute Gasteiger partial charge is 0.275 e. The van der Waals surface area contributed by atoms with E-state index in [1.165, 1.54) is 6.21 Å². The molecule has 0 saturated heterocycles. The van der Waals surface area contributed by atoms with Gasteiger partial charge in [0.25, 0.3) is 0 Å². The van der Waals surface area contributed by atoms with Crippen LogP contribution in [0.3, 0.4) is 0 Å². The summed E-state index contributed by atoms with van der Waals surface area (Å²) in [4.78, 5) is 3.59. The van der Waals surface area contributed by atoms with E-state index in [1.54, 1.807) is 30.3 Å². The first kappa shape index (κ1) is 14.2. The van der Waals surface area contributed by atoms with Crippen molar-refractivity contribution in [2.24, 2.45) is 4.99 Å².